The van der Waals surface area contributed by atoms with E-state index in [1.54, 1.807) is 16.8 Å². The zero-order valence-electron chi connectivity index (χ0n) is 23.0. The van der Waals surface area contributed by atoms with Gasteiger partial charge in [-0.1, -0.05) is 54.1 Å². The first-order valence-corrected chi connectivity index (χ1v) is 13.9. The number of aryl methyl sites for hydroxylation is 2. The maximum atomic E-state index is 14.1. The molecule has 9 heteroatoms. The van der Waals surface area contributed by atoms with Gasteiger partial charge < -0.3 is 15.5 Å². The molecule has 0 radical (unpaired) electrons. The van der Waals surface area contributed by atoms with Crippen LogP contribution in [0.4, 0.5) is 5.95 Å². The lowest BCUT2D eigenvalue weighted by atomic mass is 10.0. The average molecular weight is 570 g/mol. The summed E-state index contributed by atoms with van der Waals surface area (Å²) < 4.78 is 1.65. The molecule has 210 valence electrons. The molecule has 0 amide bonds. The van der Waals surface area contributed by atoms with Crippen LogP contribution in [0.1, 0.15) is 29.7 Å². The van der Waals surface area contributed by atoms with E-state index in [9.17, 15) is 15.0 Å². The van der Waals surface area contributed by atoms with Crippen molar-refractivity contribution in [2.75, 3.05) is 18.5 Å². The molecule has 0 aliphatic rings. The topological polar surface area (TPSA) is 113 Å². The van der Waals surface area contributed by atoms with Gasteiger partial charge in [0.25, 0.3) is 5.56 Å². The molecule has 3 heterocycles. The molecule has 0 fully saturated rings. The Morgan fingerprint density at radius 3 is 2.41 bits per heavy atom. The van der Waals surface area contributed by atoms with Gasteiger partial charge in [0.15, 0.2) is 0 Å². The molecular formula is C32H32ClN5O3. The van der Waals surface area contributed by atoms with E-state index in [1.807, 2.05) is 74.5 Å². The molecule has 41 heavy (non-hydrogen) atoms. The molecule has 0 atom stereocenters. The van der Waals surface area contributed by atoms with Gasteiger partial charge in [-0.25, -0.2) is 4.98 Å². The summed E-state index contributed by atoms with van der Waals surface area (Å²) in [6, 6.07) is 20.9. The van der Waals surface area contributed by atoms with E-state index in [0.29, 0.717) is 52.5 Å². The number of pyridine rings is 2. The van der Waals surface area contributed by atoms with Crippen LogP contribution in [0.25, 0.3) is 33.4 Å². The second-order valence-corrected chi connectivity index (χ2v) is 10.5. The number of rotatable bonds is 10. The van der Waals surface area contributed by atoms with Crippen molar-refractivity contribution in [3.8, 4) is 22.4 Å². The molecule has 0 bridgehead atoms. The quantitative estimate of drug-likeness (QED) is 0.207. The molecule has 0 aliphatic carbocycles. The van der Waals surface area contributed by atoms with Crippen LogP contribution in [0.5, 0.6) is 0 Å². The molecule has 8 nitrogen and oxygen atoms in total. The first kappa shape index (κ1) is 28.4. The van der Waals surface area contributed by atoms with E-state index in [0.717, 1.165) is 28.1 Å². The smallest absolute Gasteiger partial charge is 0.260 e. The lowest BCUT2D eigenvalue weighted by Crippen LogP contribution is -2.26. The Balaban J connectivity index is 1.64. The summed E-state index contributed by atoms with van der Waals surface area (Å²) in [4.78, 5) is 27.9. The van der Waals surface area contributed by atoms with Gasteiger partial charge in [0.1, 0.15) is 5.65 Å². The van der Waals surface area contributed by atoms with Crippen molar-refractivity contribution in [2.24, 2.45) is 0 Å². The molecule has 0 unspecified atom stereocenters. The number of anilines is 1. The van der Waals surface area contributed by atoms with Gasteiger partial charge >= 0.3 is 0 Å². The maximum absolute atomic E-state index is 14.1. The first-order valence-electron chi connectivity index (χ1n) is 13.5. The van der Waals surface area contributed by atoms with E-state index in [-0.39, 0.29) is 24.8 Å². The number of aliphatic hydroxyl groups excluding tert-OH is 2. The van der Waals surface area contributed by atoms with Crippen LogP contribution in [0.15, 0.2) is 77.7 Å². The minimum atomic E-state index is -0.226. The molecule has 5 rings (SSSR count). The molecule has 5 aromatic rings. The Morgan fingerprint density at radius 1 is 0.927 bits per heavy atom. The van der Waals surface area contributed by atoms with Crippen LogP contribution < -0.4 is 10.9 Å². The van der Waals surface area contributed by atoms with Crippen LogP contribution in [-0.4, -0.2) is 49.0 Å². The normalized spacial score (nSPS) is 11.4. The summed E-state index contributed by atoms with van der Waals surface area (Å²) in [6.07, 6.45) is 2.54. The number of hydrogen-bond donors (Lipinski definition) is 3. The Hall–Kier alpha value is -4.11. The lowest BCUT2D eigenvalue weighted by Gasteiger charge is -2.18. The monoisotopic (exact) mass is 569 g/mol. The first-order chi connectivity index (χ1) is 19.9. The minimum absolute atomic E-state index is 0.0356. The number of nitrogens with one attached hydrogen (secondary N) is 1. The zero-order chi connectivity index (χ0) is 28.9. The third-order valence-electron chi connectivity index (χ3n) is 7.15. The van der Waals surface area contributed by atoms with Crippen LogP contribution >= 0.6 is 11.6 Å². The number of hydrogen-bond acceptors (Lipinski definition) is 7. The van der Waals surface area contributed by atoms with Crippen molar-refractivity contribution in [1.29, 1.82) is 0 Å². The van der Waals surface area contributed by atoms with Crippen molar-refractivity contribution in [3.63, 3.8) is 0 Å². The van der Waals surface area contributed by atoms with Gasteiger partial charge in [-0.3, -0.25) is 14.3 Å². The number of nitrogens with zero attached hydrogens (tertiary/aromatic N) is 4. The van der Waals surface area contributed by atoms with E-state index in [4.69, 9.17) is 16.6 Å². The fourth-order valence-corrected chi connectivity index (χ4v) is 5.19. The molecule has 2 aromatic carbocycles. The second-order valence-electron chi connectivity index (χ2n) is 10.1. The summed E-state index contributed by atoms with van der Waals surface area (Å²) in [5.74, 6) is 0.322. The second kappa shape index (κ2) is 12.6. The van der Waals surface area contributed by atoms with Crippen molar-refractivity contribution in [2.45, 2.75) is 39.3 Å². The van der Waals surface area contributed by atoms with E-state index >= 15 is 0 Å². The highest BCUT2D eigenvalue weighted by Crippen LogP contribution is 2.32. The zero-order valence-corrected chi connectivity index (χ0v) is 23.8. The van der Waals surface area contributed by atoms with Crippen molar-refractivity contribution in [3.05, 3.63) is 105 Å². The van der Waals surface area contributed by atoms with Crippen LogP contribution in [0.3, 0.4) is 0 Å². The van der Waals surface area contributed by atoms with Crippen molar-refractivity contribution >= 4 is 28.6 Å². The van der Waals surface area contributed by atoms with Gasteiger partial charge in [-0.2, -0.15) is 4.98 Å². The van der Waals surface area contributed by atoms with Crippen LogP contribution in [-0.2, 0) is 6.54 Å². The molecule has 0 aliphatic heterocycles. The fourth-order valence-electron chi connectivity index (χ4n) is 4.91. The third-order valence-corrected chi connectivity index (χ3v) is 7.46. The Kier molecular flexibility index (Phi) is 8.73. The number of fused-ring (bicyclic) bond motifs is 1. The average Bonchev–Trinajstić information content (AvgIpc) is 2.96. The molecule has 0 saturated carbocycles. The Bertz CT molecular complexity index is 1750. The summed E-state index contributed by atoms with van der Waals surface area (Å²) in [5, 5.41) is 23.1. The van der Waals surface area contributed by atoms with Gasteiger partial charge in [0.2, 0.25) is 5.95 Å². The summed E-state index contributed by atoms with van der Waals surface area (Å²) in [7, 11) is 0. The Morgan fingerprint density at radius 2 is 1.71 bits per heavy atom. The highest BCUT2D eigenvalue weighted by atomic mass is 35.5. The largest absolute Gasteiger partial charge is 0.396 e. The van der Waals surface area contributed by atoms with Gasteiger partial charge in [0, 0.05) is 58.2 Å². The summed E-state index contributed by atoms with van der Waals surface area (Å²) in [5.41, 5.74) is 5.94. The van der Waals surface area contributed by atoms with E-state index in [2.05, 4.69) is 15.3 Å². The SMILES string of the molecule is Cc1cccc(-c2ccc(-c3cc4cnc(NC(CCO)CCO)nc4n(Cc4ccccc4C)c3=O)c(Cl)c2)n1. The summed E-state index contributed by atoms with van der Waals surface area (Å²) in [6.45, 7) is 4.19. The van der Waals surface area contributed by atoms with Crippen LogP contribution in [0, 0.1) is 13.8 Å². The molecule has 0 spiro atoms. The predicted molar refractivity (Wildman–Crippen MR) is 163 cm³/mol. The molecular weight excluding hydrogens is 538 g/mol. The van der Waals surface area contributed by atoms with Crippen LogP contribution in [0.2, 0.25) is 5.02 Å². The van der Waals surface area contributed by atoms with E-state index in [1.165, 1.54) is 0 Å². The highest BCUT2D eigenvalue weighted by Gasteiger charge is 2.18. The number of aliphatic hydroxyl groups is 2. The van der Waals surface area contributed by atoms with Crippen molar-refractivity contribution < 1.29 is 10.2 Å². The van der Waals surface area contributed by atoms with E-state index < -0.39 is 0 Å². The fraction of sp³-hybridized carbons (Fsp3) is 0.250. The third kappa shape index (κ3) is 6.30. The van der Waals surface area contributed by atoms with Gasteiger partial charge in [-0.15, -0.1) is 0 Å². The highest BCUT2D eigenvalue weighted by molar-refractivity contribution is 6.33. The molecule has 3 aromatic heterocycles. The minimum Gasteiger partial charge on any atom is -0.396 e. The maximum Gasteiger partial charge on any atom is 0.260 e. The van der Waals surface area contributed by atoms with Gasteiger partial charge in [-0.05, 0) is 62.1 Å². The molecule has 3 N–H and O–H groups in total. The lowest BCUT2D eigenvalue weighted by molar-refractivity contribution is 0.247. The van der Waals surface area contributed by atoms with Crippen molar-refractivity contribution in [1.82, 2.24) is 19.5 Å². The standard InChI is InChI=1S/C32H32ClN5O3/c1-20-6-3-4-8-23(20)19-38-30-24(18-34-32(37-30)36-25(12-14-39)13-15-40)16-27(31(38)41)26-11-10-22(17-28(26)33)29-9-5-7-21(2)35-29/h3-11,16-18,25,39-40H,12-15,19H2,1-2H3,(H,34,36,37). The summed E-state index contributed by atoms with van der Waals surface area (Å²) >= 11 is 6.80. The number of aromatic nitrogens is 4. The Labute approximate surface area is 243 Å². The molecule has 0 saturated heterocycles. The number of benzene rings is 2. The van der Waals surface area contributed by atoms with Gasteiger partial charge in [0.05, 0.1) is 12.2 Å². The number of halogens is 1. The predicted octanol–water partition coefficient (Wildman–Crippen LogP) is 5.38.